The molecule has 0 radical (unpaired) electrons. The highest BCUT2D eigenvalue weighted by molar-refractivity contribution is 5.87. The van der Waals surface area contributed by atoms with Crippen molar-refractivity contribution in [2.75, 3.05) is 19.6 Å². The van der Waals surface area contributed by atoms with E-state index in [4.69, 9.17) is 4.74 Å². The number of aromatic nitrogens is 2. The van der Waals surface area contributed by atoms with Gasteiger partial charge in [-0.25, -0.2) is 9.78 Å². The molecule has 0 aliphatic carbocycles. The van der Waals surface area contributed by atoms with Gasteiger partial charge < -0.3 is 15.0 Å². The molecule has 2 heterocycles. The number of aliphatic imine (C=N–C) groups is 1. The zero-order valence-electron chi connectivity index (χ0n) is 12.1. The van der Waals surface area contributed by atoms with Crippen LogP contribution in [0.5, 0.6) is 0 Å². The SMILES string of the molecule is CC(C)(C)OC(=O)N1CCN=C(NCc2ncc[nH]2)C1. The minimum atomic E-state index is -0.479. The molecule has 0 atom stereocenters. The molecule has 20 heavy (non-hydrogen) atoms. The Balaban J connectivity index is 1.84. The predicted octanol–water partition coefficient (Wildman–Crippen LogP) is 1.15. The van der Waals surface area contributed by atoms with E-state index in [2.05, 4.69) is 20.3 Å². The fourth-order valence-corrected chi connectivity index (χ4v) is 1.79. The minimum absolute atomic E-state index is 0.301. The van der Waals surface area contributed by atoms with Gasteiger partial charge in [-0.05, 0) is 20.8 Å². The number of imidazole rings is 1. The standard InChI is InChI=1S/C13H21N5O2/c1-13(2,3)20-12(19)18-7-6-16-11(9-18)17-8-10-14-4-5-15-10/h4-5H,6-9H2,1-3H3,(H,14,15)(H,16,17). The second-order valence-electron chi connectivity index (χ2n) is 5.62. The summed E-state index contributed by atoms with van der Waals surface area (Å²) in [5.74, 6) is 1.61. The van der Waals surface area contributed by atoms with E-state index in [1.807, 2.05) is 20.8 Å². The van der Waals surface area contributed by atoms with Crippen LogP contribution in [0.4, 0.5) is 4.79 Å². The Morgan fingerprint density at radius 3 is 3.00 bits per heavy atom. The fraction of sp³-hybridized carbons (Fsp3) is 0.615. The number of hydrogen-bond donors (Lipinski definition) is 2. The molecule has 0 unspecified atom stereocenters. The summed E-state index contributed by atoms with van der Waals surface area (Å²) in [5.41, 5.74) is -0.479. The highest BCUT2D eigenvalue weighted by atomic mass is 16.6. The van der Waals surface area contributed by atoms with Crippen LogP contribution in [0.1, 0.15) is 26.6 Å². The molecule has 0 aromatic carbocycles. The lowest BCUT2D eigenvalue weighted by Gasteiger charge is -2.29. The van der Waals surface area contributed by atoms with Crippen molar-refractivity contribution >= 4 is 11.9 Å². The predicted molar refractivity (Wildman–Crippen MR) is 75.5 cm³/mol. The van der Waals surface area contributed by atoms with Gasteiger partial charge in [0, 0.05) is 18.9 Å². The Bertz CT molecular complexity index is 475. The van der Waals surface area contributed by atoms with Crippen LogP contribution in [0, 0.1) is 0 Å². The lowest BCUT2D eigenvalue weighted by Crippen LogP contribution is -2.47. The number of nitrogens with one attached hydrogen (secondary N) is 2. The number of carbonyl (C=O) groups excluding carboxylic acids is 1. The van der Waals surface area contributed by atoms with E-state index in [-0.39, 0.29) is 6.09 Å². The number of hydrogen-bond acceptors (Lipinski definition) is 5. The first kappa shape index (κ1) is 14.4. The summed E-state index contributed by atoms with van der Waals surface area (Å²) in [7, 11) is 0. The third-order valence-electron chi connectivity index (χ3n) is 2.68. The molecule has 1 aromatic rings. The monoisotopic (exact) mass is 279 g/mol. The molecule has 7 heteroatoms. The molecule has 7 nitrogen and oxygen atoms in total. The van der Waals surface area contributed by atoms with Gasteiger partial charge in [0.1, 0.15) is 17.3 Å². The topological polar surface area (TPSA) is 82.6 Å². The van der Waals surface area contributed by atoms with Crippen LogP contribution in [0.3, 0.4) is 0 Å². The first-order valence-electron chi connectivity index (χ1n) is 6.67. The molecule has 2 rings (SSSR count). The molecule has 1 aliphatic heterocycles. The van der Waals surface area contributed by atoms with E-state index in [0.717, 1.165) is 11.7 Å². The van der Waals surface area contributed by atoms with Gasteiger partial charge >= 0.3 is 6.09 Å². The minimum Gasteiger partial charge on any atom is -0.444 e. The van der Waals surface area contributed by atoms with Crippen molar-refractivity contribution in [3.8, 4) is 0 Å². The molecular weight excluding hydrogens is 258 g/mol. The van der Waals surface area contributed by atoms with Crippen molar-refractivity contribution in [1.29, 1.82) is 0 Å². The van der Waals surface area contributed by atoms with Crippen molar-refractivity contribution in [1.82, 2.24) is 20.2 Å². The number of aromatic amines is 1. The first-order valence-corrected chi connectivity index (χ1v) is 6.67. The molecule has 0 spiro atoms. The van der Waals surface area contributed by atoms with E-state index in [1.165, 1.54) is 0 Å². The van der Waals surface area contributed by atoms with Crippen LogP contribution in [-0.4, -0.2) is 52.0 Å². The molecule has 110 valence electrons. The highest BCUT2D eigenvalue weighted by Crippen LogP contribution is 2.11. The van der Waals surface area contributed by atoms with Crippen LogP contribution >= 0.6 is 0 Å². The number of H-pyrrole nitrogens is 1. The maximum atomic E-state index is 12.0. The van der Waals surface area contributed by atoms with Crippen LogP contribution in [-0.2, 0) is 11.3 Å². The summed E-state index contributed by atoms with van der Waals surface area (Å²) in [6, 6.07) is 0. The fourth-order valence-electron chi connectivity index (χ4n) is 1.79. The largest absolute Gasteiger partial charge is 0.444 e. The molecule has 1 aromatic heterocycles. The summed E-state index contributed by atoms with van der Waals surface area (Å²) in [4.78, 5) is 25.2. The number of carbonyl (C=O) groups is 1. The van der Waals surface area contributed by atoms with Crippen LogP contribution < -0.4 is 5.32 Å². The van der Waals surface area contributed by atoms with E-state index in [0.29, 0.717) is 26.2 Å². The number of amides is 1. The van der Waals surface area contributed by atoms with Gasteiger partial charge in [-0.1, -0.05) is 0 Å². The zero-order valence-corrected chi connectivity index (χ0v) is 12.1. The van der Waals surface area contributed by atoms with E-state index in [9.17, 15) is 4.79 Å². The number of ether oxygens (including phenoxy) is 1. The first-order chi connectivity index (χ1) is 9.44. The molecule has 0 saturated heterocycles. The third kappa shape index (κ3) is 4.25. The Morgan fingerprint density at radius 1 is 1.55 bits per heavy atom. The average molecular weight is 279 g/mol. The van der Waals surface area contributed by atoms with Crippen LogP contribution in [0.15, 0.2) is 17.4 Å². The van der Waals surface area contributed by atoms with Gasteiger partial charge in [-0.15, -0.1) is 0 Å². The normalized spacial score (nSPS) is 15.8. The Labute approximate surface area is 118 Å². The average Bonchev–Trinajstić information content (AvgIpc) is 2.88. The Morgan fingerprint density at radius 2 is 2.35 bits per heavy atom. The van der Waals surface area contributed by atoms with Gasteiger partial charge in [-0.3, -0.25) is 9.89 Å². The molecule has 0 bridgehead atoms. The van der Waals surface area contributed by atoms with Crippen molar-refractivity contribution in [2.24, 2.45) is 4.99 Å². The quantitative estimate of drug-likeness (QED) is 0.850. The lowest BCUT2D eigenvalue weighted by atomic mass is 10.2. The van der Waals surface area contributed by atoms with Crippen molar-refractivity contribution in [3.63, 3.8) is 0 Å². The van der Waals surface area contributed by atoms with Crippen LogP contribution in [0.25, 0.3) is 0 Å². The molecule has 1 aliphatic rings. The summed E-state index contributed by atoms with van der Waals surface area (Å²) in [5, 5.41) is 3.18. The second kappa shape index (κ2) is 5.94. The molecule has 0 fully saturated rings. The van der Waals surface area contributed by atoms with Gasteiger partial charge in [-0.2, -0.15) is 0 Å². The summed E-state index contributed by atoms with van der Waals surface area (Å²) >= 11 is 0. The Kier molecular flexibility index (Phi) is 4.26. The van der Waals surface area contributed by atoms with Gasteiger partial charge in [0.2, 0.25) is 0 Å². The van der Waals surface area contributed by atoms with Crippen molar-refractivity contribution in [2.45, 2.75) is 32.9 Å². The number of amidine groups is 1. The zero-order chi connectivity index (χ0) is 14.6. The van der Waals surface area contributed by atoms with Crippen LogP contribution in [0.2, 0.25) is 0 Å². The maximum Gasteiger partial charge on any atom is 0.410 e. The third-order valence-corrected chi connectivity index (χ3v) is 2.68. The summed E-state index contributed by atoms with van der Waals surface area (Å²) in [6.45, 7) is 7.75. The lowest BCUT2D eigenvalue weighted by molar-refractivity contribution is 0.0276. The number of nitrogens with zero attached hydrogens (tertiary/aromatic N) is 3. The Hall–Kier alpha value is -2.05. The van der Waals surface area contributed by atoms with Gasteiger partial charge in [0.05, 0.1) is 19.6 Å². The van der Waals surface area contributed by atoms with Crippen molar-refractivity contribution in [3.05, 3.63) is 18.2 Å². The molecule has 1 amide bonds. The van der Waals surface area contributed by atoms with Gasteiger partial charge in [0.25, 0.3) is 0 Å². The summed E-state index contributed by atoms with van der Waals surface area (Å²) in [6.07, 6.45) is 3.17. The molecule has 2 N–H and O–H groups in total. The smallest absolute Gasteiger partial charge is 0.410 e. The second-order valence-corrected chi connectivity index (χ2v) is 5.62. The highest BCUT2D eigenvalue weighted by Gasteiger charge is 2.24. The summed E-state index contributed by atoms with van der Waals surface area (Å²) < 4.78 is 5.36. The van der Waals surface area contributed by atoms with Crippen molar-refractivity contribution < 1.29 is 9.53 Å². The van der Waals surface area contributed by atoms with E-state index < -0.39 is 5.60 Å². The molecule has 0 saturated carbocycles. The number of rotatable bonds is 2. The van der Waals surface area contributed by atoms with E-state index in [1.54, 1.807) is 17.3 Å². The molecular formula is C13H21N5O2. The van der Waals surface area contributed by atoms with E-state index >= 15 is 0 Å². The maximum absolute atomic E-state index is 12.0. The van der Waals surface area contributed by atoms with Gasteiger partial charge in [0.15, 0.2) is 0 Å².